The summed E-state index contributed by atoms with van der Waals surface area (Å²) < 4.78 is 11.3. The Bertz CT molecular complexity index is 976. The van der Waals surface area contributed by atoms with E-state index in [0.29, 0.717) is 56.6 Å². The van der Waals surface area contributed by atoms with Gasteiger partial charge in [0.2, 0.25) is 0 Å². The first-order valence-electron chi connectivity index (χ1n) is 9.76. The first-order valence-corrected chi connectivity index (χ1v) is 9.76. The van der Waals surface area contributed by atoms with Crippen molar-refractivity contribution in [3.8, 4) is 0 Å². The largest absolute Gasteiger partial charge is 0.389 e. The van der Waals surface area contributed by atoms with Crippen LogP contribution in [0.15, 0.2) is 29.1 Å². The van der Waals surface area contributed by atoms with Crippen LogP contribution in [0.1, 0.15) is 23.3 Å². The number of carbonyl (C=O) groups excluding carboxylic acids is 1. The first-order chi connectivity index (χ1) is 13.6. The average Bonchev–Trinajstić information content (AvgIpc) is 2.73. The van der Waals surface area contributed by atoms with E-state index in [1.54, 1.807) is 24.3 Å². The minimum Gasteiger partial charge on any atom is -0.389 e. The lowest BCUT2D eigenvalue weighted by Crippen LogP contribution is -2.68. The van der Waals surface area contributed by atoms with E-state index in [9.17, 15) is 14.7 Å². The van der Waals surface area contributed by atoms with E-state index in [1.807, 2.05) is 4.90 Å². The second kappa shape index (κ2) is 6.65. The molecule has 8 nitrogen and oxygen atoms in total. The van der Waals surface area contributed by atoms with Crippen molar-refractivity contribution in [3.05, 3.63) is 40.3 Å². The molecule has 2 aromatic rings. The molecule has 1 amide bonds. The molecule has 0 aliphatic carbocycles. The lowest BCUT2D eigenvalue weighted by atomic mass is 9.66. The van der Waals surface area contributed by atoms with Crippen molar-refractivity contribution >= 4 is 16.7 Å². The fourth-order valence-electron chi connectivity index (χ4n) is 5.11. The lowest BCUT2D eigenvalue weighted by molar-refractivity contribution is -0.212. The summed E-state index contributed by atoms with van der Waals surface area (Å²) in [6.45, 7) is 2.34. The van der Waals surface area contributed by atoms with Crippen LogP contribution in [0.4, 0.5) is 0 Å². The number of ether oxygens (including phenoxy) is 2. The van der Waals surface area contributed by atoms with Gasteiger partial charge in [0.15, 0.2) is 5.69 Å². The molecule has 0 spiro atoms. The van der Waals surface area contributed by atoms with Gasteiger partial charge in [-0.05, 0) is 12.5 Å². The van der Waals surface area contributed by atoms with Crippen LogP contribution in [0, 0.1) is 11.8 Å². The Hall–Kier alpha value is -2.29. The van der Waals surface area contributed by atoms with Crippen molar-refractivity contribution in [3.63, 3.8) is 0 Å². The molecule has 3 aliphatic heterocycles. The van der Waals surface area contributed by atoms with Crippen molar-refractivity contribution in [1.82, 2.24) is 15.1 Å². The number of carbonyl (C=O) groups is 1. The summed E-state index contributed by atoms with van der Waals surface area (Å²) in [6, 6.07) is 6.87. The van der Waals surface area contributed by atoms with Crippen LogP contribution in [-0.4, -0.2) is 70.7 Å². The summed E-state index contributed by atoms with van der Waals surface area (Å²) in [6.07, 6.45) is 1.23. The highest BCUT2D eigenvalue weighted by Gasteiger charge is 2.56. The average molecular weight is 385 g/mol. The number of rotatable bonds is 1. The van der Waals surface area contributed by atoms with Crippen molar-refractivity contribution in [2.24, 2.45) is 11.8 Å². The molecule has 1 aromatic heterocycles. The normalized spacial score (nSPS) is 32.6. The van der Waals surface area contributed by atoms with Gasteiger partial charge in [0, 0.05) is 49.4 Å². The molecule has 0 unspecified atom stereocenters. The highest BCUT2D eigenvalue weighted by Crippen LogP contribution is 2.44. The molecule has 8 heteroatoms. The number of nitrogens with zero attached hydrogens (tertiary/aromatic N) is 2. The van der Waals surface area contributed by atoms with E-state index >= 15 is 0 Å². The summed E-state index contributed by atoms with van der Waals surface area (Å²) in [5.41, 5.74) is -0.951. The Morgan fingerprint density at radius 1 is 1.21 bits per heavy atom. The van der Waals surface area contributed by atoms with Gasteiger partial charge in [-0.25, -0.2) is 5.10 Å². The molecule has 28 heavy (non-hydrogen) atoms. The van der Waals surface area contributed by atoms with Gasteiger partial charge in [0.25, 0.3) is 11.5 Å². The van der Waals surface area contributed by atoms with Crippen LogP contribution in [0.5, 0.6) is 0 Å². The third-order valence-corrected chi connectivity index (χ3v) is 6.61. The Kier molecular flexibility index (Phi) is 4.22. The fourth-order valence-corrected chi connectivity index (χ4v) is 5.11. The molecule has 4 heterocycles. The molecule has 0 bridgehead atoms. The first kappa shape index (κ1) is 17.8. The minimum atomic E-state index is -0.874. The van der Waals surface area contributed by atoms with Crippen LogP contribution < -0.4 is 5.56 Å². The van der Waals surface area contributed by atoms with Gasteiger partial charge in [-0.2, -0.15) is 5.10 Å². The van der Waals surface area contributed by atoms with Gasteiger partial charge in [-0.3, -0.25) is 9.59 Å². The summed E-state index contributed by atoms with van der Waals surface area (Å²) >= 11 is 0. The Morgan fingerprint density at radius 3 is 2.86 bits per heavy atom. The molecule has 148 valence electrons. The van der Waals surface area contributed by atoms with Crippen molar-refractivity contribution in [2.45, 2.75) is 24.5 Å². The number of piperidine rings is 1. The number of nitrogens with one attached hydrogen (secondary N) is 1. The number of likely N-dealkylation sites (tertiary alicyclic amines) is 1. The van der Waals surface area contributed by atoms with E-state index < -0.39 is 5.60 Å². The minimum absolute atomic E-state index is 0.118. The number of H-pyrrole nitrogens is 1. The predicted octanol–water partition coefficient (Wildman–Crippen LogP) is 0.552. The summed E-state index contributed by atoms with van der Waals surface area (Å²) in [4.78, 5) is 27.4. The Balaban J connectivity index is 1.56. The molecule has 0 saturated carbocycles. The van der Waals surface area contributed by atoms with Gasteiger partial charge in [-0.1, -0.05) is 18.2 Å². The Labute approximate surface area is 161 Å². The maximum Gasteiger partial charge on any atom is 0.275 e. The number of aromatic amines is 1. The number of amides is 1. The van der Waals surface area contributed by atoms with Gasteiger partial charge in [0.1, 0.15) is 0 Å². The molecule has 2 N–H and O–H groups in total. The maximum atomic E-state index is 13.5. The van der Waals surface area contributed by atoms with Crippen molar-refractivity contribution in [1.29, 1.82) is 0 Å². The van der Waals surface area contributed by atoms with E-state index in [2.05, 4.69) is 10.2 Å². The molecule has 0 radical (unpaired) electrons. The second-order valence-corrected chi connectivity index (χ2v) is 7.95. The molecule has 4 atom stereocenters. The number of hydrogen-bond acceptors (Lipinski definition) is 6. The van der Waals surface area contributed by atoms with E-state index in [-0.39, 0.29) is 35.0 Å². The molecule has 3 saturated heterocycles. The quantitative estimate of drug-likeness (QED) is 0.743. The highest BCUT2D eigenvalue weighted by molar-refractivity contribution is 6.04. The van der Waals surface area contributed by atoms with E-state index in [1.165, 1.54) is 0 Å². The standard InChI is InChI=1S/C20H23N3O5/c24-18-14-4-2-1-3-13(14)17(21-22-18)19(25)23-9-12-10-28-8-6-20(12,26)15-11-27-7-5-16(15)23/h1-4,12,15-16,26H,5-11H2,(H,22,24)/t12-,15+,16-,20-/m0/s1. The molecule has 1 aromatic carbocycles. The number of hydrogen-bond donors (Lipinski definition) is 2. The van der Waals surface area contributed by atoms with E-state index in [4.69, 9.17) is 9.47 Å². The molecular weight excluding hydrogens is 362 g/mol. The van der Waals surface area contributed by atoms with Gasteiger partial charge in [0.05, 0.1) is 24.2 Å². The number of aromatic nitrogens is 2. The maximum absolute atomic E-state index is 13.5. The third-order valence-electron chi connectivity index (χ3n) is 6.61. The SMILES string of the molecule is O=C(c1n[nH]c(=O)c2ccccc12)N1C[C@H]2COCC[C@@]2(O)[C@@H]2COCC[C@@H]21. The van der Waals surface area contributed by atoms with Crippen LogP contribution in [0.3, 0.4) is 0 Å². The summed E-state index contributed by atoms with van der Waals surface area (Å²) in [7, 11) is 0. The number of fused-ring (bicyclic) bond motifs is 4. The molecule has 3 fully saturated rings. The summed E-state index contributed by atoms with van der Waals surface area (Å²) in [5, 5.41) is 18.9. The highest BCUT2D eigenvalue weighted by atomic mass is 16.5. The van der Waals surface area contributed by atoms with Crippen LogP contribution in [-0.2, 0) is 9.47 Å². The zero-order valence-corrected chi connectivity index (χ0v) is 15.5. The number of benzene rings is 1. The van der Waals surface area contributed by atoms with E-state index in [0.717, 1.165) is 0 Å². The van der Waals surface area contributed by atoms with Crippen LogP contribution in [0.25, 0.3) is 10.8 Å². The van der Waals surface area contributed by atoms with Crippen molar-refractivity contribution in [2.75, 3.05) is 33.0 Å². The monoisotopic (exact) mass is 385 g/mol. The zero-order chi connectivity index (χ0) is 19.3. The zero-order valence-electron chi connectivity index (χ0n) is 15.5. The van der Waals surface area contributed by atoms with Crippen LogP contribution >= 0.6 is 0 Å². The predicted molar refractivity (Wildman–Crippen MR) is 100.0 cm³/mol. The molecule has 3 aliphatic rings. The molecular formula is C20H23N3O5. The topological polar surface area (TPSA) is 105 Å². The Morgan fingerprint density at radius 2 is 2.00 bits per heavy atom. The fraction of sp³-hybridized carbons (Fsp3) is 0.550. The lowest BCUT2D eigenvalue weighted by Gasteiger charge is -2.57. The number of aliphatic hydroxyl groups is 1. The van der Waals surface area contributed by atoms with Crippen LogP contribution in [0.2, 0.25) is 0 Å². The van der Waals surface area contributed by atoms with Gasteiger partial charge in [-0.15, -0.1) is 0 Å². The smallest absolute Gasteiger partial charge is 0.275 e. The molecule has 5 rings (SSSR count). The van der Waals surface area contributed by atoms with Crippen molar-refractivity contribution < 1.29 is 19.4 Å². The van der Waals surface area contributed by atoms with Gasteiger partial charge < -0.3 is 19.5 Å². The second-order valence-electron chi connectivity index (χ2n) is 7.95. The summed E-state index contributed by atoms with van der Waals surface area (Å²) in [5.74, 6) is -0.541. The van der Waals surface area contributed by atoms with Gasteiger partial charge >= 0.3 is 0 Å². The third kappa shape index (κ3) is 2.59.